The summed E-state index contributed by atoms with van der Waals surface area (Å²) in [6.45, 7) is 3.36. The van der Waals surface area contributed by atoms with Crippen LogP contribution in [0.4, 0.5) is 4.39 Å². The average molecular weight is 406 g/mol. The highest BCUT2D eigenvalue weighted by Crippen LogP contribution is 2.27. The largest absolute Gasteiger partial charge is 0.497 e. The topological polar surface area (TPSA) is 12.5 Å². The van der Waals surface area contributed by atoms with Crippen LogP contribution in [0, 0.1) is 11.7 Å². The minimum absolute atomic E-state index is 0.159. The first-order valence-electron chi connectivity index (χ1n) is 8.92. The zero-order valence-corrected chi connectivity index (χ0v) is 16.3. The number of piperidine rings is 1. The van der Waals surface area contributed by atoms with Gasteiger partial charge in [-0.3, -0.25) is 0 Å². The molecule has 0 saturated carbocycles. The number of benzene rings is 2. The van der Waals surface area contributed by atoms with Crippen LogP contribution in [0.1, 0.15) is 24.0 Å². The molecular formula is C21H25BrFNO. The standard InChI is InChI=1S/C21H25BrFNO/c1-25-21-14-18(13-19(22)15-21)12-17-7-10-24(11-8-17)9-6-16-2-4-20(23)5-3-16/h2-5,13-15,17H,6-12H2,1H3. The summed E-state index contributed by atoms with van der Waals surface area (Å²) < 4.78 is 19.4. The van der Waals surface area contributed by atoms with Crippen LogP contribution in [0.25, 0.3) is 0 Å². The lowest BCUT2D eigenvalue weighted by Gasteiger charge is -2.32. The minimum Gasteiger partial charge on any atom is -0.497 e. The molecule has 134 valence electrons. The fourth-order valence-electron chi connectivity index (χ4n) is 3.54. The summed E-state index contributed by atoms with van der Waals surface area (Å²) in [4.78, 5) is 2.53. The number of likely N-dealkylation sites (tertiary alicyclic amines) is 1. The third-order valence-corrected chi connectivity index (χ3v) is 5.49. The van der Waals surface area contributed by atoms with E-state index in [4.69, 9.17) is 4.74 Å². The normalized spacial score (nSPS) is 16.1. The van der Waals surface area contributed by atoms with Crippen LogP contribution in [0.15, 0.2) is 46.9 Å². The van der Waals surface area contributed by atoms with Gasteiger partial charge in [0.05, 0.1) is 7.11 Å². The number of nitrogens with zero attached hydrogens (tertiary/aromatic N) is 1. The van der Waals surface area contributed by atoms with Crippen molar-refractivity contribution in [1.29, 1.82) is 0 Å². The molecule has 0 N–H and O–H groups in total. The van der Waals surface area contributed by atoms with Crippen molar-refractivity contribution >= 4 is 15.9 Å². The SMILES string of the molecule is COc1cc(Br)cc(CC2CCN(CCc3ccc(F)cc3)CC2)c1. The van der Waals surface area contributed by atoms with E-state index in [0.29, 0.717) is 0 Å². The zero-order chi connectivity index (χ0) is 17.6. The van der Waals surface area contributed by atoms with Crippen molar-refractivity contribution in [2.75, 3.05) is 26.7 Å². The number of hydrogen-bond acceptors (Lipinski definition) is 2. The van der Waals surface area contributed by atoms with E-state index in [1.807, 2.05) is 18.2 Å². The third kappa shape index (κ3) is 5.55. The van der Waals surface area contributed by atoms with Gasteiger partial charge in [0, 0.05) is 11.0 Å². The molecule has 0 unspecified atom stereocenters. The molecule has 3 rings (SSSR count). The van der Waals surface area contributed by atoms with Crippen LogP contribution in [0.3, 0.4) is 0 Å². The molecule has 2 aromatic rings. The average Bonchev–Trinajstić information content (AvgIpc) is 2.62. The Morgan fingerprint density at radius 3 is 2.48 bits per heavy atom. The van der Waals surface area contributed by atoms with Crippen molar-refractivity contribution in [2.24, 2.45) is 5.92 Å². The summed E-state index contributed by atoms with van der Waals surface area (Å²) in [6, 6.07) is 13.2. The molecule has 0 bridgehead atoms. The Morgan fingerprint density at radius 1 is 1.08 bits per heavy atom. The molecular weight excluding hydrogens is 381 g/mol. The van der Waals surface area contributed by atoms with Crippen LogP contribution in [0.5, 0.6) is 5.75 Å². The second kappa shape index (κ2) is 8.81. The van der Waals surface area contributed by atoms with Gasteiger partial charge in [0.25, 0.3) is 0 Å². The molecule has 0 radical (unpaired) electrons. The van der Waals surface area contributed by atoms with Crippen molar-refractivity contribution in [3.63, 3.8) is 0 Å². The van der Waals surface area contributed by atoms with E-state index in [1.54, 1.807) is 19.2 Å². The van der Waals surface area contributed by atoms with Gasteiger partial charge in [-0.1, -0.05) is 28.1 Å². The Kier molecular flexibility index (Phi) is 6.49. The van der Waals surface area contributed by atoms with Crippen LogP contribution in [-0.4, -0.2) is 31.6 Å². The summed E-state index contributed by atoms with van der Waals surface area (Å²) in [5.74, 6) is 1.50. The molecule has 2 nitrogen and oxygen atoms in total. The number of methoxy groups -OCH3 is 1. The smallest absolute Gasteiger partial charge is 0.123 e. The van der Waals surface area contributed by atoms with E-state index in [1.165, 1.54) is 24.0 Å². The number of ether oxygens (including phenoxy) is 1. The summed E-state index contributed by atoms with van der Waals surface area (Å²) in [5, 5.41) is 0. The Morgan fingerprint density at radius 2 is 1.80 bits per heavy atom. The maximum absolute atomic E-state index is 13.0. The fraction of sp³-hybridized carbons (Fsp3) is 0.429. The first-order chi connectivity index (χ1) is 12.1. The van der Waals surface area contributed by atoms with Crippen LogP contribution in [0.2, 0.25) is 0 Å². The van der Waals surface area contributed by atoms with E-state index in [-0.39, 0.29) is 5.82 Å². The lowest BCUT2D eigenvalue weighted by atomic mass is 9.90. The molecule has 0 aliphatic carbocycles. The van der Waals surface area contributed by atoms with Gasteiger partial charge in [0.2, 0.25) is 0 Å². The number of halogens is 2. The molecule has 1 heterocycles. The highest BCUT2D eigenvalue weighted by atomic mass is 79.9. The lowest BCUT2D eigenvalue weighted by Crippen LogP contribution is -2.35. The maximum atomic E-state index is 13.0. The Hall–Kier alpha value is -1.39. The highest BCUT2D eigenvalue weighted by molar-refractivity contribution is 9.10. The summed E-state index contributed by atoms with van der Waals surface area (Å²) in [7, 11) is 1.71. The monoisotopic (exact) mass is 405 g/mol. The molecule has 0 spiro atoms. The second-order valence-electron chi connectivity index (χ2n) is 6.86. The van der Waals surface area contributed by atoms with Crippen LogP contribution >= 0.6 is 15.9 Å². The van der Waals surface area contributed by atoms with Gasteiger partial charge in [-0.15, -0.1) is 0 Å². The molecule has 25 heavy (non-hydrogen) atoms. The van der Waals surface area contributed by atoms with Gasteiger partial charge >= 0.3 is 0 Å². The van der Waals surface area contributed by atoms with Gasteiger partial charge in [-0.05, 0) is 86.1 Å². The quantitative estimate of drug-likeness (QED) is 0.662. The summed E-state index contributed by atoms with van der Waals surface area (Å²) >= 11 is 3.56. The molecule has 0 amide bonds. The highest BCUT2D eigenvalue weighted by Gasteiger charge is 2.19. The lowest BCUT2D eigenvalue weighted by molar-refractivity contribution is 0.186. The molecule has 1 fully saturated rings. The molecule has 1 aliphatic heterocycles. The van der Waals surface area contributed by atoms with Crippen molar-refractivity contribution in [3.05, 3.63) is 63.9 Å². The van der Waals surface area contributed by atoms with Crippen molar-refractivity contribution in [3.8, 4) is 5.75 Å². The van der Waals surface area contributed by atoms with Gasteiger partial charge in [0.15, 0.2) is 0 Å². The van der Waals surface area contributed by atoms with Crippen LogP contribution in [-0.2, 0) is 12.8 Å². The molecule has 2 aromatic carbocycles. The zero-order valence-electron chi connectivity index (χ0n) is 14.7. The van der Waals surface area contributed by atoms with Gasteiger partial charge in [0.1, 0.15) is 11.6 Å². The number of hydrogen-bond donors (Lipinski definition) is 0. The van der Waals surface area contributed by atoms with E-state index in [0.717, 1.165) is 48.6 Å². The first-order valence-corrected chi connectivity index (χ1v) is 9.72. The molecule has 1 aliphatic rings. The third-order valence-electron chi connectivity index (χ3n) is 5.03. The first kappa shape index (κ1) is 18.4. The second-order valence-corrected chi connectivity index (χ2v) is 7.78. The van der Waals surface area contributed by atoms with Gasteiger partial charge in [-0.25, -0.2) is 4.39 Å². The maximum Gasteiger partial charge on any atom is 0.123 e. The Labute approximate surface area is 158 Å². The Bertz CT molecular complexity index is 681. The van der Waals surface area contributed by atoms with E-state index in [9.17, 15) is 4.39 Å². The molecule has 4 heteroatoms. The Balaban J connectivity index is 1.45. The van der Waals surface area contributed by atoms with Gasteiger partial charge < -0.3 is 9.64 Å². The predicted molar refractivity (Wildman–Crippen MR) is 104 cm³/mol. The van der Waals surface area contributed by atoms with Crippen LogP contribution < -0.4 is 4.74 Å². The fourth-order valence-corrected chi connectivity index (χ4v) is 4.06. The van der Waals surface area contributed by atoms with Gasteiger partial charge in [-0.2, -0.15) is 0 Å². The van der Waals surface area contributed by atoms with E-state index >= 15 is 0 Å². The minimum atomic E-state index is -0.159. The summed E-state index contributed by atoms with van der Waals surface area (Å²) in [6.07, 6.45) is 4.58. The van der Waals surface area contributed by atoms with E-state index < -0.39 is 0 Å². The molecule has 0 atom stereocenters. The molecule has 0 aromatic heterocycles. The van der Waals surface area contributed by atoms with Crippen molar-refractivity contribution in [2.45, 2.75) is 25.7 Å². The summed E-state index contributed by atoms with van der Waals surface area (Å²) in [5.41, 5.74) is 2.56. The molecule has 1 saturated heterocycles. The van der Waals surface area contributed by atoms with Crippen molar-refractivity contribution in [1.82, 2.24) is 4.90 Å². The van der Waals surface area contributed by atoms with E-state index in [2.05, 4.69) is 33.0 Å². The number of rotatable bonds is 6. The van der Waals surface area contributed by atoms with Crippen molar-refractivity contribution < 1.29 is 9.13 Å². The predicted octanol–water partition coefficient (Wildman–Crippen LogP) is 5.09.